The number of benzene rings is 1. The molecule has 4 aromatic heterocycles. The van der Waals surface area contributed by atoms with E-state index in [2.05, 4.69) is 75.0 Å². The van der Waals surface area contributed by atoms with Crippen molar-refractivity contribution in [3.8, 4) is 10.7 Å². The number of fused-ring (bicyclic) bond motifs is 6. The molecule has 0 saturated heterocycles. The van der Waals surface area contributed by atoms with Crippen molar-refractivity contribution in [2.75, 3.05) is 0 Å². The number of imidazole rings is 1. The highest BCUT2D eigenvalue weighted by Crippen LogP contribution is 2.45. The van der Waals surface area contributed by atoms with Gasteiger partial charge in [-0.3, -0.25) is 0 Å². The fraction of sp³-hybridized carbons (Fsp3) is 0.348. The monoisotopic (exact) mass is 580 g/mol. The summed E-state index contributed by atoms with van der Waals surface area (Å²) >= 11 is 12.8. The Labute approximate surface area is 205 Å². The molecule has 0 saturated carbocycles. The molecule has 5 aromatic rings. The number of H-pyrrole nitrogens is 1. The molecule has 1 unspecified atom stereocenters. The molecule has 2 nitrogen and oxygen atoms in total. The molecule has 0 radical (unpaired) electrons. The summed E-state index contributed by atoms with van der Waals surface area (Å²) in [4.78, 5) is 11.4. The minimum absolute atomic E-state index is 0.790. The zero-order valence-corrected chi connectivity index (χ0v) is 22.5. The quantitative estimate of drug-likeness (QED) is 0.203. The van der Waals surface area contributed by atoms with E-state index in [0.717, 1.165) is 30.3 Å². The standard InChI is InChI=1S/C23H22Br2N2S3/c1-3-5-6-12(4-2)9-13-7-8-16(28-13)23-26-19-14-10-17(24)29-21(14)22-15(20(19)27-23)11-18(25)30-22/h7-8,10-12H,3-6,9H2,1-2H3,(H,26,27). The topological polar surface area (TPSA) is 28.7 Å². The Kier molecular flexibility index (Phi) is 6.10. The number of nitrogens with zero attached hydrogens (tertiary/aromatic N) is 1. The average Bonchev–Trinajstić information content (AvgIpc) is 3.48. The lowest BCUT2D eigenvalue weighted by atomic mass is 9.95. The van der Waals surface area contributed by atoms with Crippen LogP contribution in [0.4, 0.5) is 0 Å². The number of rotatable bonds is 7. The van der Waals surface area contributed by atoms with Gasteiger partial charge in [0.2, 0.25) is 0 Å². The molecule has 7 heteroatoms. The van der Waals surface area contributed by atoms with E-state index in [-0.39, 0.29) is 0 Å². The van der Waals surface area contributed by atoms with Crippen LogP contribution in [-0.4, -0.2) is 9.97 Å². The summed E-state index contributed by atoms with van der Waals surface area (Å²) in [6.45, 7) is 4.60. The van der Waals surface area contributed by atoms with Gasteiger partial charge in [-0.15, -0.1) is 34.0 Å². The molecule has 0 bridgehead atoms. The highest BCUT2D eigenvalue weighted by Gasteiger charge is 2.19. The van der Waals surface area contributed by atoms with Crippen LogP contribution in [0.25, 0.3) is 41.9 Å². The van der Waals surface area contributed by atoms with Gasteiger partial charge in [0.05, 0.1) is 32.9 Å². The second-order valence-corrected chi connectivity index (χ2v) is 13.8. The Morgan fingerprint density at radius 2 is 1.73 bits per heavy atom. The molecule has 0 spiro atoms. The second kappa shape index (κ2) is 8.66. The van der Waals surface area contributed by atoms with E-state index in [0.29, 0.717) is 0 Å². The number of aromatic amines is 1. The third-order valence-electron chi connectivity index (χ3n) is 5.77. The van der Waals surface area contributed by atoms with Gasteiger partial charge in [-0.05, 0) is 68.5 Å². The van der Waals surface area contributed by atoms with Crippen molar-refractivity contribution in [1.29, 1.82) is 0 Å². The lowest BCUT2D eigenvalue weighted by Crippen LogP contribution is -2.01. The highest BCUT2D eigenvalue weighted by atomic mass is 79.9. The predicted molar refractivity (Wildman–Crippen MR) is 143 cm³/mol. The molecule has 5 rings (SSSR count). The van der Waals surface area contributed by atoms with Crippen LogP contribution in [0.1, 0.15) is 44.4 Å². The highest BCUT2D eigenvalue weighted by molar-refractivity contribution is 9.11. The van der Waals surface area contributed by atoms with Crippen LogP contribution in [0, 0.1) is 5.92 Å². The third kappa shape index (κ3) is 3.81. The van der Waals surface area contributed by atoms with E-state index in [9.17, 15) is 0 Å². The van der Waals surface area contributed by atoms with Gasteiger partial charge in [-0.2, -0.15) is 0 Å². The third-order valence-corrected chi connectivity index (χ3v) is 10.3. The van der Waals surface area contributed by atoms with Gasteiger partial charge in [-0.1, -0.05) is 39.5 Å². The molecule has 1 N–H and O–H groups in total. The molecule has 0 aliphatic rings. The Morgan fingerprint density at radius 3 is 2.47 bits per heavy atom. The molecule has 0 amide bonds. The summed E-state index contributed by atoms with van der Waals surface area (Å²) in [5.41, 5.74) is 2.22. The maximum Gasteiger partial charge on any atom is 0.148 e. The lowest BCUT2D eigenvalue weighted by Gasteiger charge is -2.12. The van der Waals surface area contributed by atoms with Gasteiger partial charge < -0.3 is 4.98 Å². The molecule has 0 aliphatic heterocycles. The Morgan fingerprint density at radius 1 is 1.00 bits per heavy atom. The SMILES string of the molecule is CCCCC(CC)Cc1ccc(-c2nc3c4cc(Br)sc4c4sc(Br)cc4c3[nH]2)s1. The summed E-state index contributed by atoms with van der Waals surface area (Å²) in [5.74, 6) is 1.78. The van der Waals surface area contributed by atoms with Crippen molar-refractivity contribution in [3.05, 3.63) is 36.7 Å². The first-order valence-corrected chi connectivity index (χ1v) is 14.4. The normalized spacial score (nSPS) is 13.2. The van der Waals surface area contributed by atoms with Crippen molar-refractivity contribution in [3.63, 3.8) is 0 Å². The molecule has 0 fully saturated rings. The van der Waals surface area contributed by atoms with E-state index >= 15 is 0 Å². The number of halogens is 2. The van der Waals surface area contributed by atoms with E-state index in [1.807, 2.05) is 11.3 Å². The number of thiophene rings is 3. The van der Waals surface area contributed by atoms with Crippen molar-refractivity contribution in [1.82, 2.24) is 9.97 Å². The largest absolute Gasteiger partial charge is 0.337 e. The molecule has 30 heavy (non-hydrogen) atoms. The molecule has 4 heterocycles. The second-order valence-electron chi connectivity index (χ2n) is 7.78. The fourth-order valence-electron chi connectivity index (χ4n) is 4.14. The van der Waals surface area contributed by atoms with E-state index in [1.165, 1.54) is 62.0 Å². The maximum atomic E-state index is 5.08. The minimum atomic E-state index is 0.790. The summed E-state index contributed by atoms with van der Waals surface area (Å²) < 4.78 is 4.94. The number of hydrogen-bond donors (Lipinski definition) is 1. The first kappa shape index (κ1) is 21.1. The number of hydrogen-bond acceptors (Lipinski definition) is 4. The Bertz CT molecular complexity index is 1270. The Hall–Kier alpha value is -0.730. The summed E-state index contributed by atoms with van der Waals surface area (Å²) in [6, 6.07) is 8.97. The number of aromatic nitrogens is 2. The van der Waals surface area contributed by atoms with E-state index in [1.54, 1.807) is 22.7 Å². The smallest absolute Gasteiger partial charge is 0.148 e. The number of nitrogens with one attached hydrogen (secondary N) is 1. The van der Waals surface area contributed by atoms with Crippen LogP contribution >= 0.6 is 65.9 Å². The van der Waals surface area contributed by atoms with Gasteiger partial charge in [0, 0.05) is 15.6 Å². The zero-order chi connectivity index (χ0) is 20.8. The lowest BCUT2D eigenvalue weighted by molar-refractivity contribution is 0.452. The van der Waals surface area contributed by atoms with Crippen molar-refractivity contribution in [2.24, 2.45) is 5.92 Å². The molecule has 156 valence electrons. The van der Waals surface area contributed by atoms with Gasteiger partial charge in [0.15, 0.2) is 0 Å². The van der Waals surface area contributed by atoms with Crippen LogP contribution in [-0.2, 0) is 6.42 Å². The minimum Gasteiger partial charge on any atom is -0.337 e. The summed E-state index contributed by atoms with van der Waals surface area (Å²) in [6.07, 6.45) is 6.39. The zero-order valence-electron chi connectivity index (χ0n) is 16.9. The van der Waals surface area contributed by atoms with Gasteiger partial charge in [-0.25, -0.2) is 4.98 Å². The van der Waals surface area contributed by atoms with Crippen molar-refractivity contribution < 1.29 is 0 Å². The molecule has 1 atom stereocenters. The summed E-state index contributed by atoms with van der Waals surface area (Å²) in [7, 11) is 0. The molecular weight excluding hydrogens is 560 g/mol. The first-order chi connectivity index (χ1) is 14.6. The van der Waals surface area contributed by atoms with Crippen LogP contribution in [0.2, 0.25) is 0 Å². The van der Waals surface area contributed by atoms with Crippen LogP contribution in [0.3, 0.4) is 0 Å². The average molecular weight is 582 g/mol. The van der Waals surface area contributed by atoms with E-state index < -0.39 is 0 Å². The van der Waals surface area contributed by atoms with Crippen molar-refractivity contribution in [2.45, 2.75) is 46.0 Å². The van der Waals surface area contributed by atoms with Crippen molar-refractivity contribution >= 4 is 97.1 Å². The van der Waals surface area contributed by atoms with E-state index in [4.69, 9.17) is 4.98 Å². The molecule has 0 aliphatic carbocycles. The van der Waals surface area contributed by atoms with Gasteiger partial charge >= 0.3 is 0 Å². The fourth-order valence-corrected chi connectivity index (χ4v) is 8.57. The Balaban J connectivity index is 1.57. The maximum absolute atomic E-state index is 5.08. The first-order valence-electron chi connectivity index (χ1n) is 10.4. The predicted octanol–water partition coefficient (Wildman–Crippen LogP) is 10.0. The van der Waals surface area contributed by atoms with Gasteiger partial charge in [0.25, 0.3) is 0 Å². The van der Waals surface area contributed by atoms with Crippen LogP contribution < -0.4 is 0 Å². The van der Waals surface area contributed by atoms with Gasteiger partial charge in [0.1, 0.15) is 5.82 Å². The summed E-state index contributed by atoms with van der Waals surface area (Å²) in [5, 5.41) is 2.48. The molecular formula is C23H22Br2N2S3. The molecule has 1 aromatic carbocycles. The van der Waals surface area contributed by atoms with Crippen LogP contribution in [0.5, 0.6) is 0 Å². The number of unbranched alkanes of at least 4 members (excludes halogenated alkanes) is 1. The van der Waals surface area contributed by atoms with Crippen LogP contribution in [0.15, 0.2) is 31.8 Å².